The number of benzene rings is 1. The van der Waals surface area contributed by atoms with Crippen molar-refractivity contribution in [3.8, 4) is 5.88 Å². The Hall–Kier alpha value is -4.15. The number of fused-ring (bicyclic) bond motifs is 1. The van der Waals surface area contributed by atoms with Crippen molar-refractivity contribution in [2.24, 2.45) is 0 Å². The highest BCUT2D eigenvalue weighted by atomic mass is 32.2. The van der Waals surface area contributed by atoms with Crippen LogP contribution in [0.3, 0.4) is 0 Å². The van der Waals surface area contributed by atoms with Gasteiger partial charge in [-0.05, 0) is 68.0 Å². The van der Waals surface area contributed by atoms with Gasteiger partial charge in [0, 0.05) is 31.0 Å². The van der Waals surface area contributed by atoms with Gasteiger partial charge in [-0.15, -0.1) is 0 Å². The van der Waals surface area contributed by atoms with Crippen molar-refractivity contribution in [2.45, 2.75) is 70.4 Å². The number of halogens is 6. The summed E-state index contributed by atoms with van der Waals surface area (Å²) in [6, 6.07) is 3.63. The maximum Gasteiger partial charge on any atom is 0.416 e. The Morgan fingerprint density at radius 2 is 1.71 bits per heavy atom. The SMILES string of the molecule is CCOC(=O)N1c2ccc(OC)nc2[C@@H](Nc2ncc(CCCS(C)(=O)=O)c(Cc3cc(C(F)(F)F)cc(C(F)(F)F)c3)n2)C[C@H]1CC. The molecule has 0 bridgehead atoms. The van der Waals surface area contributed by atoms with Gasteiger partial charge in [-0.2, -0.15) is 26.3 Å². The van der Waals surface area contributed by atoms with Crippen molar-refractivity contribution < 1.29 is 49.0 Å². The average Bonchev–Trinajstić information content (AvgIpc) is 3.00. The molecule has 10 nitrogen and oxygen atoms in total. The molecule has 4 rings (SSSR count). The van der Waals surface area contributed by atoms with E-state index in [2.05, 4.69) is 20.3 Å². The highest BCUT2D eigenvalue weighted by molar-refractivity contribution is 7.90. The van der Waals surface area contributed by atoms with Crippen molar-refractivity contribution >= 4 is 27.6 Å². The molecule has 0 radical (unpaired) electrons. The van der Waals surface area contributed by atoms with Crippen molar-refractivity contribution in [3.05, 3.63) is 70.2 Å². The lowest BCUT2D eigenvalue weighted by Crippen LogP contribution is -2.46. The Labute approximate surface area is 273 Å². The van der Waals surface area contributed by atoms with Crippen LogP contribution in [-0.2, 0) is 39.8 Å². The van der Waals surface area contributed by atoms with Crippen LogP contribution >= 0.6 is 0 Å². The second-order valence-corrected chi connectivity index (χ2v) is 13.6. The van der Waals surface area contributed by atoms with Gasteiger partial charge in [-0.25, -0.2) is 28.2 Å². The molecule has 1 aromatic carbocycles. The summed E-state index contributed by atoms with van der Waals surface area (Å²) in [6.07, 6.45) is -7.57. The number of alkyl halides is 6. The molecule has 0 fully saturated rings. The number of anilines is 2. The fourth-order valence-corrected chi connectivity index (χ4v) is 6.16. The number of pyridine rings is 1. The minimum atomic E-state index is -5.04. The third-order valence-corrected chi connectivity index (χ3v) is 8.75. The standard InChI is InChI=1S/C31H35F6N5O5S/c1-5-22-16-24(27-25(9-10-26(41-27)46-3)42(22)29(43)47-6-2)40-28-38-17-19(8-7-11-48(4,44)45)23(39-28)14-18-12-20(30(32,33)34)15-21(13-18)31(35,36)37/h9-10,12-13,15,17,22,24H,5-8,11,14,16H2,1-4H3,(H,38,39,40)/t22-,24+/m1/s1. The number of carbonyl (C=O) groups is 1. The quantitative estimate of drug-likeness (QED) is 0.215. The number of hydrogen-bond acceptors (Lipinski definition) is 9. The van der Waals surface area contributed by atoms with E-state index in [1.165, 1.54) is 18.2 Å². The second kappa shape index (κ2) is 14.5. The van der Waals surface area contributed by atoms with E-state index in [0.717, 1.165) is 6.26 Å². The van der Waals surface area contributed by atoms with Crippen LogP contribution in [-0.4, -0.2) is 61.2 Å². The van der Waals surface area contributed by atoms with Crippen LogP contribution in [0.15, 0.2) is 36.5 Å². The van der Waals surface area contributed by atoms with Gasteiger partial charge >= 0.3 is 18.4 Å². The smallest absolute Gasteiger partial charge is 0.416 e. The van der Waals surface area contributed by atoms with Crippen LogP contribution in [0.4, 0.5) is 42.8 Å². The predicted molar refractivity (Wildman–Crippen MR) is 165 cm³/mol. The van der Waals surface area contributed by atoms with Gasteiger partial charge in [0.2, 0.25) is 11.8 Å². The number of rotatable bonds is 11. The number of nitrogens with one attached hydrogen (secondary N) is 1. The van der Waals surface area contributed by atoms with E-state index in [1.807, 2.05) is 6.92 Å². The Balaban J connectivity index is 1.77. The van der Waals surface area contributed by atoms with Gasteiger partial charge in [-0.3, -0.25) is 4.90 Å². The zero-order valence-electron chi connectivity index (χ0n) is 26.6. The molecule has 0 saturated heterocycles. The molecule has 0 saturated carbocycles. The molecule has 48 heavy (non-hydrogen) atoms. The summed E-state index contributed by atoms with van der Waals surface area (Å²) >= 11 is 0. The lowest BCUT2D eigenvalue weighted by molar-refractivity contribution is -0.143. The summed E-state index contributed by atoms with van der Waals surface area (Å²) in [7, 11) is -1.93. The normalized spacial score (nSPS) is 16.8. The van der Waals surface area contributed by atoms with Crippen LogP contribution in [0, 0.1) is 0 Å². The summed E-state index contributed by atoms with van der Waals surface area (Å²) < 4.78 is 116. The molecule has 262 valence electrons. The molecule has 1 amide bonds. The number of amides is 1. The van der Waals surface area contributed by atoms with E-state index in [0.29, 0.717) is 41.9 Å². The molecule has 3 aromatic rings. The number of ether oxygens (including phenoxy) is 2. The van der Waals surface area contributed by atoms with E-state index < -0.39 is 51.9 Å². The topological polar surface area (TPSA) is 124 Å². The third kappa shape index (κ3) is 9.05. The summed E-state index contributed by atoms with van der Waals surface area (Å²) in [5.41, 5.74) is -1.89. The van der Waals surface area contributed by atoms with Crippen LogP contribution in [0.1, 0.15) is 72.8 Å². The Bertz CT molecular complexity index is 1700. The summed E-state index contributed by atoms with van der Waals surface area (Å²) in [6.45, 7) is 3.72. The summed E-state index contributed by atoms with van der Waals surface area (Å²) in [4.78, 5) is 27.9. The van der Waals surface area contributed by atoms with Gasteiger partial charge in [0.15, 0.2) is 0 Å². The van der Waals surface area contributed by atoms with Crippen molar-refractivity contribution in [1.29, 1.82) is 0 Å². The van der Waals surface area contributed by atoms with E-state index >= 15 is 0 Å². The van der Waals surface area contributed by atoms with Crippen molar-refractivity contribution in [2.75, 3.05) is 35.9 Å². The van der Waals surface area contributed by atoms with E-state index in [-0.39, 0.29) is 60.4 Å². The highest BCUT2D eigenvalue weighted by Crippen LogP contribution is 2.40. The first-order valence-electron chi connectivity index (χ1n) is 15.0. The number of sulfone groups is 1. The van der Waals surface area contributed by atoms with Gasteiger partial charge in [0.05, 0.1) is 53.7 Å². The van der Waals surface area contributed by atoms with Gasteiger partial charge in [-0.1, -0.05) is 6.92 Å². The van der Waals surface area contributed by atoms with E-state index in [4.69, 9.17) is 9.47 Å². The second-order valence-electron chi connectivity index (χ2n) is 11.3. The molecule has 0 spiro atoms. The lowest BCUT2D eigenvalue weighted by Gasteiger charge is -2.39. The Kier molecular flexibility index (Phi) is 11.1. The predicted octanol–water partition coefficient (Wildman–Crippen LogP) is 6.78. The molecule has 1 aliphatic rings. The molecular formula is C31H35F6N5O5S. The molecule has 0 aliphatic carbocycles. The van der Waals surface area contributed by atoms with Crippen molar-refractivity contribution in [1.82, 2.24) is 15.0 Å². The molecule has 2 atom stereocenters. The number of carbonyl (C=O) groups excluding carboxylic acids is 1. The first-order chi connectivity index (χ1) is 22.4. The molecule has 3 heterocycles. The zero-order chi connectivity index (χ0) is 35.4. The average molecular weight is 704 g/mol. The zero-order valence-corrected chi connectivity index (χ0v) is 27.4. The van der Waals surface area contributed by atoms with Crippen LogP contribution < -0.4 is 15.0 Å². The Morgan fingerprint density at radius 1 is 1.04 bits per heavy atom. The third-order valence-electron chi connectivity index (χ3n) is 7.72. The minimum Gasteiger partial charge on any atom is -0.481 e. The maximum absolute atomic E-state index is 13.6. The monoisotopic (exact) mass is 703 g/mol. The first kappa shape index (κ1) is 36.7. The number of hydrogen-bond donors (Lipinski definition) is 1. The van der Waals surface area contributed by atoms with Crippen LogP contribution in [0.5, 0.6) is 5.88 Å². The molecule has 2 aromatic heterocycles. The van der Waals surface area contributed by atoms with Crippen molar-refractivity contribution in [3.63, 3.8) is 0 Å². The first-order valence-corrected chi connectivity index (χ1v) is 17.1. The summed E-state index contributed by atoms with van der Waals surface area (Å²) in [5.74, 6) is 0.0581. The number of aryl methyl sites for hydroxylation is 1. The van der Waals surface area contributed by atoms with E-state index in [1.54, 1.807) is 19.1 Å². The van der Waals surface area contributed by atoms with Gasteiger partial charge < -0.3 is 14.8 Å². The van der Waals surface area contributed by atoms with Gasteiger partial charge in [0.1, 0.15) is 9.84 Å². The fraction of sp³-hybridized carbons (Fsp3) is 0.484. The van der Waals surface area contributed by atoms with Crippen LogP contribution in [0.2, 0.25) is 0 Å². The Morgan fingerprint density at radius 3 is 2.27 bits per heavy atom. The maximum atomic E-state index is 13.6. The van der Waals surface area contributed by atoms with Gasteiger partial charge in [0.25, 0.3) is 0 Å². The largest absolute Gasteiger partial charge is 0.481 e. The number of nitrogens with zero attached hydrogens (tertiary/aromatic N) is 4. The van der Waals surface area contributed by atoms with Crippen LogP contribution in [0.25, 0.3) is 0 Å². The molecule has 17 heteroatoms. The lowest BCUT2D eigenvalue weighted by atomic mass is 9.93. The molecular weight excluding hydrogens is 668 g/mol. The highest BCUT2D eigenvalue weighted by Gasteiger charge is 2.39. The fourth-order valence-electron chi connectivity index (χ4n) is 5.49. The molecule has 1 aliphatic heterocycles. The molecule has 1 N–H and O–H groups in total. The van der Waals surface area contributed by atoms with E-state index in [9.17, 15) is 39.6 Å². The summed E-state index contributed by atoms with van der Waals surface area (Å²) in [5, 5.41) is 3.17. The number of aromatic nitrogens is 3. The number of methoxy groups -OCH3 is 1. The minimum absolute atomic E-state index is 0.000100. The molecule has 0 unspecified atom stereocenters.